The van der Waals surface area contributed by atoms with Crippen LogP contribution in [0.1, 0.15) is 18.4 Å². The summed E-state index contributed by atoms with van der Waals surface area (Å²) in [5, 5.41) is 0.640. The first-order valence-electron chi connectivity index (χ1n) is 7.74. The van der Waals surface area contributed by atoms with Crippen molar-refractivity contribution in [2.45, 2.75) is 19.4 Å². The molecule has 0 aromatic heterocycles. The van der Waals surface area contributed by atoms with Crippen LogP contribution in [0, 0.1) is 5.92 Å². The summed E-state index contributed by atoms with van der Waals surface area (Å²) >= 11 is 5.87. The van der Waals surface area contributed by atoms with Crippen molar-refractivity contribution in [3.63, 3.8) is 0 Å². The van der Waals surface area contributed by atoms with E-state index in [0.29, 0.717) is 31.0 Å². The summed E-state index contributed by atoms with van der Waals surface area (Å²) in [6, 6.07) is 7.28. The number of nitrogens with zero attached hydrogens (tertiary/aromatic N) is 2. The lowest BCUT2D eigenvalue weighted by Crippen LogP contribution is -2.46. The third kappa shape index (κ3) is 4.71. The van der Waals surface area contributed by atoms with E-state index in [1.165, 1.54) is 12.0 Å². The molecule has 1 heterocycles. The molecule has 0 radical (unpaired) electrons. The Labute approximate surface area is 146 Å². The van der Waals surface area contributed by atoms with Crippen LogP contribution in [0.4, 0.5) is 0 Å². The molecular formula is C17H21ClN2O4. The smallest absolute Gasteiger partial charge is 0.325 e. The van der Waals surface area contributed by atoms with Crippen LogP contribution in [0.15, 0.2) is 24.3 Å². The number of hydrogen-bond donors (Lipinski definition) is 0. The van der Waals surface area contributed by atoms with Crippen molar-refractivity contribution in [3.05, 3.63) is 34.9 Å². The van der Waals surface area contributed by atoms with E-state index in [-0.39, 0.29) is 24.3 Å². The number of benzene rings is 1. The summed E-state index contributed by atoms with van der Waals surface area (Å²) < 4.78 is 4.58. The van der Waals surface area contributed by atoms with E-state index in [0.717, 1.165) is 5.56 Å². The Kier molecular flexibility index (Phi) is 6.20. The first-order chi connectivity index (χ1) is 11.4. The van der Waals surface area contributed by atoms with E-state index in [9.17, 15) is 14.4 Å². The van der Waals surface area contributed by atoms with Gasteiger partial charge in [0.2, 0.25) is 11.8 Å². The minimum atomic E-state index is -0.462. The highest BCUT2D eigenvalue weighted by Crippen LogP contribution is 2.22. The molecule has 2 rings (SSSR count). The van der Waals surface area contributed by atoms with Gasteiger partial charge in [-0.3, -0.25) is 14.4 Å². The predicted octanol–water partition coefficient (Wildman–Crippen LogP) is 1.71. The fourth-order valence-corrected chi connectivity index (χ4v) is 2.85. The molecule has 2 amide bonds. The van der Waals surface area contributed by atoms with Crippen molar-refractivity contribution < 1.29 is 19.1 Å². The minimum absolute atomic E-state index is 0.0321. The molecule has 1 atom stereocenters. The third-order valence-electron chi connectivity index (χ3n) is 4.11. The van der Waals surface area contributed by atoms with E-state index in [4.69, 9.17) is 11.6 Å². The standard InChI is InChI=1S/C17H21ClN2O4/c1-19(11-16(22)24-2)17(23)13-5-8-15(21)20(10-13)9-12-3-6-14(18)7-4-12/h3-4,6-7,13H,5,8-11H2,1-2H3. The number of esters is 1. The Bertz CT molecular complexity index is 618. The molecule has 1 aromatic carbocycles. The Morgan fingerprint density at radius 2 is 2.00 bits per heavy atom. The number of methoxy groups -OCH3 is 1. The quantitative estimate of drug-likeness (QED) is 0.757. The fourth-order valence-electron chi connectivity index (χ4n) is 2.73. The highest BCUT2D eigenvalue weighted by Gasteiger charge is 2.32. The minimum Gasteiger partial charge on any atom is -0.468 e. The topological polar surface area (TPSA) is 66.9 Å². The lowest BCUT2D eigenvalue weighted by molar-refractivity contribution is -0.150. The molecule has 130 valence electrons. The molecule has 0 N–H and O–H groups in total. The average molecular weight is 353 g/mol. The van der Waals surface area contributed by atoms with Crippen LogP contribution in [0.2, 0.25) is 5.02 Å². The van der Waals surface area contributed by atoms with Crippen LogP contribution in [-0.2, 0) is 25.7 Å². The molecule has 1 unspecified atom stereocenters. The normalized spacial score (nSPS) is 17.5. The maximum atomic E-state index is 12.5. The molecule has 0 saturated carbocycles. The number of piperidine rings is 1. The number of halogens is 1. The van der Waals surface area contributed by atoms with Gasteiger partial charge in [0.15, 0.2) is 0 Å². The second-order valence-corrected chi connectivity index (χ2v) is 6.34. The first-order valence-corrected chi connectivity index (χ1v) is 8.12. The maximum absolute atomic E-state index is 12.5. The molecule has 6 nitrogen and oxygen atoms in total. The number of amides is 2. The molecule has 1 aliphatic rings. The monoisotopic (exact) mass is 352 g/mol. The summed E-state index contributed by atoms with van der Waals surface area (Å²) in [6.45, 7) is 0.712. The lowest BCUT2D eigenvalue weighted by atomic mass is 9.95. The van der Waals surface area contributed by atoms with Crippen molar-refractivity contribution in [1.82, 2.24) is 9.80 Å². The van der Waals surface area contributed by atoms with E-state index in [1.54, 1.807) is 24.1 Å². The summed E-state index contributed by atoms with van der Waals surface area (Å²) in [6.07, 6.45) is 0.830. The highest BCUT2D eigenvalue weighted by atomic mass is 35.5. The Hall–Kier alpha value is -2.08. The van der Waals surface area contributed by atoms with Gasteiger partial charge in [-0.25, -0.2) is 0 Å². The number of rotatable bonds is 5. The Balaban J connectivity index is 1.99. The molecule has 0 bridgehead atoms. The number of likely N-dealkylation sites (N-methyl/N-ethyl adjacent to an activating group) is 1. The van der Waals surface area contributed by atoms with Crippen molar-refractivity contribution in [3.8, 4) is 0 Å². The van der Waals surface area contributed by atoms with Crippen LogP contribution < -0.4 is 0 Å². The first kappa shape index (κ1) is 18.3. The molecule has 1 fully saturated rings. The van der Waals surface area contributed by atoms with Crippen molar-refractivity contribution in [1.29, 1.82) is 0 Å². The van der Waals surface area contributed by atoms with Gasteiger partial charge in [0, 0.05) is 31.6 Å². The molecule has 7 heteroatoms. The van der Waals surface area contributed by atoms with Gasteiger partial charge in [-0.2, -0.15) is 0 Å². The van der Waals surface area contributed by atoms with Crippen molar-refractivity contribution in [2.75, 3.05) is 27.2 Å². The summed E-state index contributed by atoms with van der Waals surface area (Å²) in [4.78, 5) is 38.9. The SMILES string of the molecule is COC(=O)CN(C)C(=O)C1CCC(=O)N(Cc2ccc(Cl)cc2)C1. The molecule has 1 saturated heterocycles. The molecule has 0 aliphatic carbocycles. The predicted molar refractivity (Wildman–Crippen MR) is 89.2 cm³/mol. The van der Waals surface area contributed by atoms with E-state index in [1.807, 2.05) is 12.1 Å². The van der Waals surface area contributed by atoms with E-state index < -0.39 is 5.97 Å². The van der Waals surface area contributed by atoms with Gasteiger partial charge in [-0.05, 0) is 24.1 Å². The summed E-state index contributed by atoms with van der Waals surface area (Å²) in [5.41, 5.74) is 0.962. The van der Waals surface area contributed by atoms with Gasteiger partial charge in [-0.15, -0.1) is 0 Å². The van der Waals surface area contributed by atoms with Crippen molar-refractivity contribution in [2.24, 2.45) is 5.92 Å². The number of likely N-dealkylation sites (tertiary alicyclic amines) is 1. The largest absolute Gasteiger partial charge is 0.468 e. The van der Waals surface area contributed by atoms with Crippen LogP contribution in [0.3, 0.4) is 0 Å². The van der Waals surface area contributed by atoms with Gasteiger partial charge >= 0.3 is 5.97 Å². The summed E-state index contributed by atoms with van der Waals surface area (Å²) in [7, 11) is 2.85. The molecule has 1 aromatic rings. The Morgan fingerprint density at radius 3 is 2.62 bits per heavy atom. The molecular weight excluding hydrogens is 332 g/mol. The zero-order valence-corrected chi connectivity index (χ0v) is 14.6. The number of carbonyl (C=O) groups is 3. The highest BCUT2D eigenvalue weighted by molar-refractivity contribution is 6.30. The molecule has 0 spiro atoms. The molecule has 1 aliphatic heterocycles. The number of ether oxygens (including phenoxy) is 1. The zero-order valence-electron chi connectivity index (χ0n) is 13.8. The maximum Gasteiger partial charge on any atom is 0.325 e. The number of hydrogen-bond acceptors (Lipinski definition) is 4. The average Bonchev–Trinajstić information content (AvgIpc) is 2.58. The lowest BCUT2D eigenvalue weighted by Gasteiger charge is -2.33. The summed E-state index contributed by atoms with van der Waals surface area (Å²) in [5.74, 6) is -0.876. The number of carbonyl (C=O) groups excluding carboxylic acids is 3. The van der Waals surface area contributed by atoms with Gasteiger partial charge in [0.1, 0.15) is 6.54 Å². The van der Waals surface area contributed by atoms with E-state index in [2.05, 4.69) is 4.74 Å². The third-order valence-corrected chi connectivity index (χ3v) is 4.36. The van der Waals surface area contributed by atoms with Crippen LogP contribution >= 0.6 is 11.6 Å². The van der Waals surface area contributed by atoms with Crippen LogP contribution in [-0.4, -0.2) is 54.8 Å². The Morgan fingerprint density at radius 1 is 1.33 bits per heavy atom. The van der Waals surface area contributed by atoms with Crippen LogP contribution in [0.25, 0.3) is 0 Å². The fraction of sp³-hybridized carbons (Fsp3) is 0.471. The van der Waals surface area contributed by atoms with Crippen molar-refractivity contribution >= 4 is 29.4 Å². The van der Waals surface area contributed by atoms with Gasteiger partial charge in [-0.1, -0.05) is 23.7 Å². The van der Waals surface area contributed by atoms with Gasteiger partial charge in [0.25, 0.3) is 0 Å². The van der Waals surface area contributed by atoms with E-state index >= 15 is 0 Å². The van der Waals surface area contributed by atoms with Gasteiger partial charge < -0.3 is 14.5 Å². The molecule has 24 heavy (non-hydrogen) atoms. The zero-order chi connectivity index (χ0) is 17.7. The van der Waals surface area contributed by atoms with Gasteiger partial charge in [0.05, 0.1) is 13.0 Å². The second kappa shape index (κ2) is 8.15. The second-order valence-electron chi connectivity index (χ2n) is 5.91. The van der Waals surface area contributed by atoms with Crippen LogP contribution in [0.5, 0.6) is 0 Å².